The quantitative estimate of drug-likeness (QED) is 0.657. The monoisotopic (exact) mass is 212 g/mol. The van der Waals surface area contributed by atoms with E-state index in [0.29, 0.717) is 0 Å². The minimum atomic E-state index is -0.180. The standard InChI is InChI=1S/C11H20N2O2/c1-15-11(14)13-8-6-12(7-9-13)10-4-2-3-5-10/h10H,2-9H2,1H3. The van der Waals surface area contributed by atoms with Gasteiger partial charge in [0.15, 0.2) is 0 Å². The number of rotatable bonds is 1. The van der Waals surface area contributed by atoms with E-state index in [0.717, 1.165) is 32.2 Å². The summed E-state index contributed by atoms with van der Waals surface area (Å²) >= 11 is 0. The lowest BCUT2D eigenvalue weighted by Crippen LogP contribution is -2.51. The van der Waals surface area contributed by atoms with E-state index >= 15 is 0 Å². The van der Waals surface area contributed by atoms with Crippen molar-refractivity contribution in [1.29, 1.82) is 0 Å². The molecule has 4 heteroatoms. The molecule has 0 aromatic carbocycles. The minimum Gasteiger partial charge on any atom is -0.453 e. The maximum Gasteiger partial charge on any atom is 0.409 e. The second-order valence-electron chi connectivity index (χ2n) is 4.43. The van der Waals surface area contributed by atoms with Crippen LogP contribution in [0.2, 0.25) is 0 Å². The smallest absolute Gasteiger partial charge is 0.409 e. The zero-order valence-electron chi connectivity index (χ0n) is 9.45. The van der Waals surface area contributed by atoms with Gasteiger partial charge in [0.25, 0.3) is 0 Å². The van der Waals surface area contributed by atoms with E-state index in [1.807, 2.05) is 0 Å². The maximum absolute atomic E-state index is 11.3. The fourth-order valence-electron chi connectivity index (χ4n) is 2.67. The average molecular weight is 212 g/mol. The van der Waals surface area contributed by atoms with Crippen LogP contribution in [-0.2, 0) is 4.74 Å². The molecule has 1 aliphatic heterocycles. The predicted octanol–water partition coefficient (Wildman–Crippen LogP) is 1.31. The van der Waals surface area contributed by atoms with Crippen molar-refractivity contribution in [3.63, 3.8) is 0 Å². The molecule has 1 saturated carbocycles. The summed E-state index contributed by atoms with van der Waals surface area (Å²) in [5.41, 5.74) is 0. The van der Waals surface area contributed by atoms with E-state index in [4.69, 9.17) is 4.74 Å². The van der Waals surface area contributed by atoms with Crippen LogP contribution >= 0.6 is 0 Å². The van der Waals surface area contributed by atoms with E-state index < -0.39 is 0 Å². The van der Waals surface area contributed by atoms with E-state index in [9.17, 15) is 4.79 Å². The fourth-order valence-corrected chi connectivity index (χ4v) is 2.67. The summed E-state index contributed by atoms with van der Waals surface area (Å²) in [4.78, 5) is 15.6. The zero-order valence-corrected chi connectivity index (χ0v) is 9.45. The van der Waals surface area contributed by atoms with Crippen molar-refractivity contribution in [2.75, 3.05) is 33.3 Å². The lowest BCUT2D eigenvalue weighted by molar-refractivity contribution is 0.0757. The molecule has 2 aliphatic rings. The SMILES string of the molecule is COC(=O)N1CCN(C2CCCC2)CC1. The zero-order chi connectivity index (χ0) is 10.7. The Morgan fingerprint density at radius 1 is 1.13 bits per heavy atom. The van der Waals surface area contributed by atoms with Gasteiger partial charge in [-0.25, -0.2) is 4.79 Å². The average Bonchev–Trinajstić information content (AvgIpc) is 2.82. The van der Waals surface area contributed by atoms with Crippen LogP contribution in [0.15, 0.2) is 0 Å². The second-order valence-corrected chi connectivity index (χ2v) is 4.43. The van der Waals surface area contributed by atoms with Crippen molar-refractivity contribution in [3.05, 3.63) is 0 Å². The number of carbonyl (C=O) groups excluding carboxylic acids is 1. The summed E-state index contributed by atoms with van der Waals surface area (Å²) in [6, 6.07) is 0.782. The molecule has 0 radical (unpaired) electrons. The third-order valence-electron chi connectivity index (χ3n) is 3.59. The van der Waals surface area contributed by atoms with Gasteiger partial charge >= 0.3 is 6.09 Å². The van der Waals surface area contributed by atoms with Crippen LogP contribution in [0.1, 0.15) is 25.7 Å². The van der Waals surface area contributed by atoms with Crippen molar-refractivity contribution in [2.24, 2.45) is 0 Å². The third kappa shape index (κ3) is 2.43. The predicted molar refractivity (Wildman–Crippen MR) is 57.8 cm³/mol. The fraction of sp³-hybridized carbons (Fsp3) is 0.909. The topological polar surface area (TPSA) is 32.8 Å². The first-order chi connectivity index (χ1) is 7.31. The molecule has 15 heavy (non-hydrogen) atoms. The molecule has 0 spiro atoms. The van der Waals surface area contributed by atoms with Gasteiger partial charge in [-0.2, -0.15) is 0 Å². The highest BCUT2D eigenvalue weighted by atomic mass is 16.5. The first-order valence-electron chi connectivity index (χ1n) is 5.88. The Morgan fingerprint density at radius 3 is 2.27 bits per heavy atom. The molecular formula is C11H20N2O2. The number of ether oxygens (including phenoxy) is 1. The van der Waals surface area contributed by atoms with Gasteiger partial charge in [0.2, 0.25) is 0 Å². The molecule has 0 N–H and O–H groups in total. The number of hydrogen-bond donors (Lipinski definition) is 0. The van der Waals surface area contributed by atoms with Crippen molar-refractivity contribution in [1.82, 2.24) is 9.80 Å². The van der Waals surface area contributed by atoms with Gasteiger partial charge in [-0.1, -0.05) is 12.8 Å². The van der Waals surface area contributed by atoms with Gasteiger partial charge < -0.3 is 9.64 Å². The molecule has 2 fully saturated rings. The maximum atomic E-state index is 11.3. The van der Waals surface area contributed by atoms with Crippen molar-refractivity contribution < 1.29 is 9.53 Å². The first-order valence-corrected chi connectivity index (χ1v) is 5.88. The van der Waals surface area contributed by atoms with Crippen LogP contribution in [0.3, 0.4) is 0 Å². The van der Waals surface area contributed by atoms with E-state index in [2.05, 4.69) is 4.90 Å². The molecule has 1 saturated heterocycles. The molecule has 0 aromatic rings. The van der Waals surface area contributed by atoms with Gasteiger partial charge in [0.05, 0.1) is 7.11 Å². The van der Waals surface area contributed by atoms with Crippen LogP contribution in [-0.4, -0.2) is 55.2 Å². The number of carbonyl (C=O) groups is 1. The lowest BCUT2D eigenvalue weighted by atomic mass is 10.2. The summed E-state index contributed by atoms with van der Waals surface area (Å²) < 4.78 is 4.72. The first kappa shape index (κ1) is 10.7. The van der Waals surface area contributed by atoms with E-state index in [-0.39, 0.29) is 6.09 Å². The number of nitrogens with zero attached hydrogens (tertiary/aromatic N) is 2. The normalized spacial score (nSPS) is 24.5. The van der Waals surface area contributed by atoms with Gasteiger partial charge in [-0.05, 0) is 12.8 Å². The van der Waals surface area contributed by atoms with Gasteiger partial charge in [-0.15, -0.1) is 0 Å². The largest absolute Gasteiger partial charge is 0.453 e. The highest BCUT2D eigenvalue weighted by Gasteiger charge is 2.27. The molecular weight excluding hydrogens is 192 g/mol. The number of amides is 1. The molecule has 1 amide bonds. The van der Waals surface area contributed by atoms with Crippen LogP contribution in [0.5, 0.6) is 0 Å². The Hall–Kier alpha value is -0.770. The Kier molecular flexibility index (Phi) is 3.46. The molecule has 2 rings (SSSR count). The van der Waals surface area contributed by atoms with Crippen LogP contribution in [0, 0.1) is 0 Å². The van der Waals surface area contributed by atoms with Gasteiger partial charge in [-0.3, -0.25) is 4.90 Å². The Balaban J connectivity index is 1.78. The van der Waals surface area contributed by atoms with Crippen molar-refractivity contribution >= 4 is 6.09 Å². The number of methoxy groups -OCH3 is 1. The van der Waals surface area contributed by atoms with Crippen molar-refractivity contribution in [2.45, 2.75) is 31.7 Å². The molecule has 86 valence electrons. The molecule has 0 bridgehead atoms. The molecule has 1 aliphatic carbocycles. The Morgan fingerprint density at radius 2 is 1.73 bits per heavy atom. The molecule has 0 unspecified atom stereocenters. The summed E-state index contributed by atoms with van der Waals surface area (Å²) in [6.07, 6.45) is 5.27. The Labute approximate surface area is 91.2 Å². The summed E-state index contributed by atoms with van der Waals surface area (Å²) in [7, 11) is 1.45. The molecule has 4 nitrogen and oxygen atoms in total. The van der Waals surface area contributed by atoms with E-state index in [1.54, 1.807) is 4.90 Å². The lowest BCUT2D eigenvalue weighted by Gasteiger charge is -2.37. The summed E-state index contributed by atoms with van der Waals surface area (Å²) in [5, 5.41) is 0. The van der Waals surface area contributed by atoms with Crippen LogP contribution < -0.4 is 0 Å². The van der Waals surface area contributed by atoms with E-state index in [1.165, 1.54) is 32.8 Å². The molecule has 0 aromatic heterocycles. The van der Waals surface area contributed by atoms with Crippen molar-refractivity contribution in [3.8, 4) is 0 Å². The van der Waals surface area contributed by atoms with Crippen LogP contribution in [0.4, 0.5) is 4.79 Å². The number of hydrogen-bond acceptors (Lipinski definition) is 3. The molecule has 1 heterocycles. The summed E-state index contributed by atoms with van der Waals surface area (Å²) in [6.45, 7) is 3.67. The van der Waals surface area contributed by atoms with Gasteiger partial charge in [0, 0.05) is 32.2 Å². The molecule has 0 atom stereocenters. The number of piperazine rings is 1. The minimum absolute atomic E-state index is 0.180. The second kappa shape index (κ2) is 4.84. The van der Waals surface area contributed by atoms with Crippen LogP contribution in [0.25, 0.3) is 0 Å². The third-order valence-corrected chi connectivity index (χ3v) is 3.59. The Bertz CT molecular complexity index is 219. The summed E-state index contributed by atoms with van der Waals surface area (Å²) in [5.74, 6) is 0. The highest BCUT2D eigenvalue weighted by Crippen LogP contribution is 2.24. The highest BCUT2D eigenvalue weighted by molar-refractivity contribution is 5.67. The van der Waals surface area contributed by atoms with Gasteiger partial charge in [0.1, 0.15) is 0 Å².